The number of pyridine rings is 1. The molecule has 0 atom stereocenters. The van der Waals surface area contributed by atoms with Crippen LogP contribution in [0.5, 0.6) is 0 Å². The molecule has 0 radical (unpaired) electrons. The molecule has 1 aromatic carbocycles. The predicted molar refractivity (Wildman–Crippen MR) is 65.7 cm³/mol. The van der Waals surface area contributed by atoms with Crippen molar-refractivity contribution < 1.29 is 5.11 Å². The van der Waals surface area contributed by atoms with Crippen molar-refractivity contribution in [2.24, 2.45) is 0 Å². The Kier molecular flexibility index (Phi) is 3.13. The second-order valence-corrected chi connectivity index (χ2v) is 3.49. The molecule has 16 heavy (non-hydrogen) atoms. The number of hydrogen-bond donors (Lipinski definition) is 1. The lowest BCUT2D eigenvalue weighted by molar-refractivity contribution is 0.282. The van der Waals surface area contributed by atoms with Gasteiger partial charge in [0.05, 0.1) is 12.3 Å². The van der Waals surface area contributed by atoms with Crippen molar-refractivity contribution in [3.8, 4) is 11.3 Å². The van der Waals surface area contributed by atoms with Gasteiger partial charge in [0.2, 0.25) is 0 Å². The Morgan fingerprint density at radius 2 is 2.12 bits per heavy atom. The van der Waals surface area contributed by atoms with Crippen LogP contribution in [-0.4, -0.2) is 10.1 Å². The van der Waals surface area contributed by atoms with Gasteiger partial charge in [0.25, 0.3) is 0 Å². The SMILES string of the molecule is C=Cc1ccc(-c2ccccn2)c(CO)c1. The van der Waals surface area contributed by atoms with Gasteiger partial charge in [-0.05, 0) is 29.3 Å². The Bertz CT molecular complexity index is 491. The second kappa shape index (κ2) is 4.73. The molecule has 1 aromatic heterocycles. The third-order valence-corrected chi connectivity index (χ3v) is 2.48. The fraction of sp³-hybridized carbons (Fsp3) is 0.0714. The molecule has 2 rings (SSSR count). The number of aliphatic hydroxyl groups is 1. The number of aromatic nitrogens is 1. The quantitative estimate of drug-likeness (QED) is 0.846. The van der Waals surface area contributed by atoms with E-state index >= 15 is 0 Å². The molecule has 80 valence electrons. The fourth-order valence-corrected chi connectivity index (χ4v) is 1.64. The normalized spacial score (nSPS) is 10.1. The Hall–Kier alpha value is -1.93. The van der Waals surface area contributed by atoms with Crippen LogP contribution in [0.2, 0.25) is 0 Å². The van der Waals surface area contributed by atoms with Crippen LogP contribution < -0.4 is 0 Å². The molecule has 0 bridgehead atoms. The van der Waals surface area contributed by atoms with Gasteiger partial charge < -0.3 is 5.11 Å². The molecule has 0 aliphatic heterocycles. The highest BCUT2D eigenvalue weighted by Crippen LogP contribution is 2.23. The molecule has 2 heteroatoms. The average Bonchev–Trinajstić information content (AvgIpc) is 2.39. The smallest absolute Gasteiger partial charge is 0.0705 e. The zero-order chi connectivity index (χ0) is 11.4. The van der Waals surface area contributed by atoms with E-state index in [0.717, 1.165) is 22.4 Å². The van der Waals surface area contributed by atoms with Crippen LogP contribution in [0.1, 0.15) is 11.1 Å². The average molecular weight is 211 g/mol. The number of nitrogens with zero attached hydrogens (tertiary/aromatic N) is 1. The van der Waals surface area contributed by atoms with Crippen molar-refractivity contribution in [2.45, 2.75) is 6.61 Å². The molecule has 0 fully saturated rings. The highest BCUT2D eigenvalue weighted by atomic mass is 16.3. The lowest BCUT2D eigenvalue weighted by Crippen LogP contribution is -1.92. The van der Waals surface area contributed by atoms with E-state index < -0.39 is 0 Å². The summed E-state index contributed by atoms with van der Waals surface area (Å²) >= 11 is 0. The van der Waals surface area contributed by atoms with Crippen LogP contribution in [0.4, 0.5) is 0 Å². The van der Waals surface area contributed by atoms with E-state index in [2.05, 4.69) is 11.6 Å². The van der Waals surface area contributed by atoms with Gasteiger partial charge in [-0.1, -0.05) is 30.9 Å². The highest BCUT2D eigenvalue weighted by molar-refractivity contribution is 5.66. The van der Waals surface area contributed by atoms with Crippen molar-refractivity contribution in [2.75, 3.05) is 0 Å². The van der Waals surface area contributed by atoms with E-state index in [9.17, 15) is 5.11 Å². The molecule has 0 saturated heterocycles. The van der Waals surface area contributed by atoms with Gasteiger partial charge in [0, 0.05) is 11.8 Å². The second-order valence-electron chi connectivity index (χ2n) is 3.49. The molecular formula is C14H13NO. The minimum Gasteiger partial charge on any atom is -0.392 e. The standard InChI is InChI=1S/C14H13NO/c1-2-11-6-7-13(12(9-11)10-16)14-5-3-4-8-15-14/h2-9,16H,1,10H2. The molecule has 0 spiro atoms. The van der Waals surface area contributed by atoms with Crippen molar-refractivity contribution >= 4 is 6.08 Å². The van der Waals surface area contributed by atoms with Gasteiger partial charge in [-0.2, -0.15) is 0 Å². The Balaban J connectivity index is 2.53. The van der Waals surface area contributed by atoms with Gasteiger partial charge in [0.15, 0.2) is 0 Å². The number of benzene rings is 1. The van der Waals surface area contributed by atoms with Crippen LogP contribution in [0, 0.1) is 0 Å². The number of rotatable bonds is 3. The zero-order valence-electron chi connectivity index (χ0n) is 8.93. The minimum absolute atomic E-state index is 0.00753. The van der Waals surface area contributed by atoms with Crippen molar-refractivity contribution in [1.29, 1.82) is 0 Å². The van der Waals surface area contributed by atoms with Crippen molar-refractivity contribution in [3.63, 3.8) is 0 Å². The first-order valence-corrected chi connectivity index (χ1v) is 5.13. The summed E-state index contributed by atoms with van der Waals surface area (Å²) in [4.78, 5) is 4.28. The largest absolute Gasteiger partial charge is 0.392 e. The van der Waals surface area contributed by atoms with Crippen LogP contribution in [0.3, 0.4) is 0 Å². The summed E-state index contributed by atoms with van der Waals surface area (Å²) in [5, 5.41) is 9.34. The molecule has 0 saturated carbocycles. The van der Waals surface area contributed by atoms with Crippen LogP contribution in [0.15, 0.2) is 49.2 Å². The van der Waals surface area contributed by atoms with Gasteiger partial charge in [-0.3, -0.25) is 4.98 Å². The van der Waals surface area contributed by atoms with Gasteiger partial charge >= 0.3 is 0 Å². The third kappa shape index (κ3) is 2.02. The molecule has 2 nitrogen and oxygen atoms in total. The maximum absolute atomic E-state index is 9.34. The Morgan fingerprint density at radius 3 is 2.75 bits per heavy atom. The summed E-state index contributed by atoms with van der Waals surface area (Å²) in [5.74, 6) is 0. The maximum atomic E-state index is 9.34. The Labute approximate surface area is 94.9 Å². The molecule has 1 N–H and O–H groups in total. The summed E-state index contributed by atoms with van der Waals surface area (Å²) < 4.78 is 0. The molecule has 0 aliphatic rings. The van der Waals surface area contributed by atoms with Crippen LogP contribution in [-0.2, 0) is 6.61 Å². The van der Waals surface area contributed by atoms with Gasteiger partial charge in [-0.15, -0.1) is 0 Å². The summed E-state index contributed by atoms with van der Waals surface area (Å²) in [7, 11) is 0. The Morgan fingerprint density at radius 1 is 1.25 bits per heavy atom. The molecule has 2 aromatic rings. The van der Waals surface area contributed by atoms with E-state index in [-0.39, 0.29) is 6.61 Å². The first-order chi connectivity index (χ1) is 7.85. The summed E-state index contributed by atoms with van der Waals surface area (Å²) in [6.07, 6.45) is 3.51. The van der Waals surface area contributed by atoms with E-state index in [1.807, 2.05) is 36.4 Å². The van der Waals surface area contributed by atoms with Crippen molar-refractivity contribution in [3.05, 3.63) is 60.3 Å². The maximum Gasteiger partial charge on any atom is 0.0705 e. The summed E-state index contributed by atoms with van der Waals surface area (Å²) in [6.45, 7) is 3.72. The third-order valence-electron chi connectivity index (χ3n) is 2.48. The van der Waals surface area contributed by atoms with Gasteiger partial charge in [0.1, 0.15) is 0 Å². The lowest BCUT2D eigenvalue weighted by Gasteiger charge is -2.07. The van der Waals surface area contributed by atoms with Crippen molar-refractivity contribution in [1.82, 2.24) is 4.98 Å². The van der Waals surface area contributed by atoms with E-state index in [4.69, 9.17) is 0 Å². The zero-order valence-corrected chi connectivity index (χ0v) is 8.93. The molecule has 1 heterocycles. The monoisotopic (exact) mass is 211 g/mol. The summed E-state index contributed by atoms with van der Waals surface area (Å²) in [5.41, 5.74) is 3.72. The topological polar surface area (TPSA) is 33.1 Å². The lowest BCUT2D eigenvalue weighted by atomic mass is 10.0. The molecule has 0 amide bonds. The number of hydrogen-bond acceptors (Lipinski definition) is 2. The van der Waals surface area contributed by atoms with Crippen LogP contribution in [0.25, 0.3) is 17.3 Å². The molecule has 0 aliphatic carbocycles. The molecular weight excluding hydrogens is 198 g/mol. The first kappa shape index (κ1) is 10.6. The van der Waals surface area contributed by atoms with E-state index in [1.165, 1.54) is 0 Å². The fourth-order valence-electron chi connectivity index (χ4n) is 1.64. The van der Waals surface area contributed by atoms with E-state index in [0.29, 0.717) is 0 Å². The molecule has 0 unspecified atom stereocenters. The highest BCUT2D eigenvalue weighted by Gasteiger charge is 2.05. The van der Waals surface area contributed by atoms with Gasteiger partial charge in [-0.25, -0.2) is 0 Å². The predicted octanol–water partition coefficient (Wildman–Crippen LogP) is 2.88. The summed E-state index contributed by atoms with van der Waals surface area (Å²) in [6, 6.07) is 11.6. The number of aliphatic hydroxyl groups excluding tert-OH is 1. The first-order valence-electron chi connectivity index (χ1n) is 5.13. The van der Waals surface area contributed by atoms with E-state index in [1.54, 1.807) is 12.3 Å². The minimum atomic E-state index is 0.00753. The van der Waals surface area contributed by atoms with Crippen LogP contribution >= 0.6 is 0 Å².